The normalized spacial score (nSPS) is 11.9. The molecule has 1 N–H and O–H groups in total. The zero-order valence-corrected chi connectivity index (χ0v) is 14.5. The molecule has 1 aromatic carbocycles. The number of nitrogens with one attached hydrogen (secondary N) is 1. The van der Waals surface area contributed by atoms with Crippen LogP contribution >= 0.6 is 0 Å². The van der Waals surface area contributed by atoms with Gasteiger partial charge in [-0.05, 0) is 0 Å². The molecule has 0 fully saturated rings. The van der Waals surface area contributed by atoms with Crippen LogP contribution in [0.5, 0.6) is 0 Å². The number of hydrogen-bond acceptors (Lipinski definition) is 0. The minimum atomic E-state index is -0.328. The van der Waals surface area contributed by atoms with Crippen molar-refractivity contribution in [1.29, 1.82) is 0 Å². The molecule has 1 aromatic heterocycles. The Balaban J connectivity index is 0.000001000. The number of H-pyrrole nitrogens is 1. The Hall–Kier alpha value is -0.726. The Labute approximate surface area is 140 Å². The van der Waals surface area contributed by atoms with Crippen LogP contribution in [0.4, 0.5) is 0 Å². The molecule has 4 heteroatoms. The molecule has 0 saturated heterocycles. The number of aromatic nitrogens is 1. The van der Waals surface area contributed by atoms with Crippen LogP contribution in [0.2, 0.25) is 0 Å². The maximum absolute atomic E-state index is 4.21. The summed E-state index contributed by atoms with van der Waals surface area (Å²) in [5, 5.41) is 2.70. The maximum atomic E-state index is 4.21. The van der Waals surface area contributed by atoms with Crippen LogP contribution in [0.3, 0.4) is 0 Å². The van der Waals surface area contributed by atoms with Crippen molar-refractivity contribution in [3.8, 4) is 0 Å². The Morgan fingerprint density at radius 2 is 1.80 bits per heavy atom. The zero-order chi connectivity index (χ0) is 12.7. The van der Waals surface area contributed by atoms with Gasteiger partial charge in [0.2, 0.25) is 0 Å². The fraction of sp³-hybridized carbons (Fsp3) is 0.125. The molecule has 0 aliphatic heterocycles. The fourth-order valence-electron chi connectivity index (χ4n) is 2.28. The first-order valence-corrected chi connectivity index (χ1v) is 7.65. The molecule has 3 rings (SSSR count). The van der Waals surface area contributed by atoms with Crippen LogP contribution in [0.1, 0.15) is 11.1 Å². The van der Waals surface area contributed by atoms with Gasteiger partial charge in [-0.1, -0.05) is 0 Å². The molecule has 0 unspecified atom stereocenters. The van der Waals surface area contributed by atoms with Crippen molar-refractivity contribution in [3.63, 3.8) is 0 Å². The molecule has 0 amide bonds. The fourth-order valence-corrected chi connectivity index (χ4v) is 4.43. The summed E-state index contributed by atoms with van der Waals surface area (Å²) >= 11 is -0.328. The van der Waals surface area contributed by atoms with E-state index in [1.165, 1.54) is 35.0 Å². The van der Waals surface area contributed by atoms with Crippen LogP contribution in [0.15, 0.2) is 42.6 Å². The van der Waals surface area contributed by atoms with Crippen molar-refractivity contribution in [2.24, 2.45) is 0 Å². The van der Waals surface area contributed by atoms with E-state index < -0.39 is 0 Å². The van der Waals surface area contributed by atoms with Gasteiger partial charge in [-0.15, -0.1) is 0 Å². The molecule has 1 aliphatic carbocycles. The molecule has 20 heavy (non-hydrogen) atoms. The number of benzene rings is 1. The first-order valence-electron chi connectivity index (χ1n) is 6.09. The molecule has 2 aromatic rings. The molecule has 0 spiro atoms. The number of rotatable bonds is 2. The van der Waals surface area contributed by atoms with E-state index in [4.69, 9.17) is 0 Å². The molecule has 0 atom stereocenters. The quantitative estimate of drug-likeness (QED) is 0.531. The maximum Gasteiger partial charge on any atom is -1.00 e. The number of allylic oxidation sites excluding steroid dienone is 1. The van der Waals surface area contributed by atoms with Gasteiger partial charge in [0, 0.05) is 0 Å². The summed E-state index contributed by atoms with van der Waals surface area (Å²) in [6.45, 7) is 8.58. The van der Waals surface area contributed by atoms with Gasteiger partial charge in [0.1, 0.15) is 0 Å². The summed E-state index contributed by atoms with van der Waals surface area (Å²) in [7, 11) is 0. The Bertz CT molecular complexity index is 759. The molecule has 0 saturated carbocycles. The van der Waals surface area contributed by atoms with Crippen LogP contribution in [0.25, 0.3) is 9.95 Å². The van der Waals surface area contributed by atoms with E-state index in [1.54, 1.807) is 0 Å². The molecule has 1 heterocycles. The second-order valence-corrected chi connectivity index (χ2v) is 6.68. The Morgan fingerprint density at radius 1 is 1.10 bits per heavy atom. The number of hydrogen-bond donors (Lipinski definition) is 1. The summed E-state index contributed by atoms with van der Waals surface area (Å²) in [5.41, 5.74) is 3.97. The topological polar surface area (TPSA) is 15.8 Å². The summed E-state index contributed by atoms with van der Waals surface area (Å²) in [4.78, 5) is 3.43. The summed E-state index contributed by atoms with van der Waals surface area (Å²) in [5.74, 6) is 0. The van der Waals surface area contributed by atoms with E-state index >= 15 is 0 Å². The summed E-state index contributed by atoms with van der Waals surface area (Å²) in [6, 6.07) is 8.60. The van der Waals surface area contributed by atoms with E-state index in [-0.39, 0.29) is 44.0 Å². The predicted octanol–water partition coefficient (Wildman–Crippen LogP) is -4.49. The minimum absolute atomic E-state index is 0. The first kappa shape index (κ1) is 17.3. The molecular formula is C16H15Cl2NTi. The van der Waals surface area contributed by atoms with E-state index in [0.29, 0.717) is 0 Å². The largest absolute Gasteiger partial charge is 1.00 e. The number of halogens is 2. The molecule has 0 bridgehead atoms. The minimum Gasteiger partial charge on any atom is -1.00 e. The molecule has 1 nitrogen and oxygen atoms in total. The third-order valence-electron chi connectivity index (χ3n) is 3.53. The summed E-state index contributed by atoms with van der Waals surface area (Å²) < 4.78 is 2.89. The number of aromatic amines is 1. The molecule has 1 aliphatic rings. The van der Waals surface area contributed by atoms with Gasteiger partial charge in [-0.2, -0.15) is 0 Å². The molecule has 0 radical (unpaired) electrons. The van der Waals surface area contributed by atoms with Gasteiger partial charge >= 0.3 is 116 Å². The second kappa shape index (κ2) is 6.82. The number of fused-ring (bicyclic) bond motifs is 1. The van der Waals surface area contributed by atoms with Crippen molar-refractivity contribution >= 4 is 14.0 Å². The van der Waals surface area contributed by atoms with Crippen LogP contribution in [-0.2, 0) is 19.2 Å². The van der Waals surface area contributed by atoms with Gasteiger partial charge in [-0.3, -0.25) is 0 Å². The molecule has 102 valence electrons. The second-order valence-electron chi connectivity index (χ2n) is 4.73. The van der Waals surface area contributed by atoms with Gasteiger partial charge in [-0.25, -0.2) is 0 Å². The van der Waals surface area contributed by atoms with Crippen LogP contribution in [0, 0.1) is 13.8 Å². The van der Waals surface area contributed by atoms with Gasteiger partial charge in [0.05, 0.1) is 0 Å². The summed E-state index contributed by atoms with van der Waals surface area (Å²) in [6.07, 6.45) is 4.32. The van der Waals surface area contributed by atoms with E-state index in [1.807, 2.05) is 0 Å². The Morgan fingerprint density at radius 3 is 2.45 bits per heavy atom. The van der Waals surface area contributed by atoms with Crippen molar-refractivity contribution < 1.29 is 44.0 Å². The van der Waals surface area contributed by atoms with Crippen LogP contribution in [-0.4, -0.2) is 4.98 Å². The van der Waals surface area contributed by atoms with Crippen LogP contribution < -0.4 is 39.3 Å². The SMILES string of the molecule is C=C1C=c2ccccc2=[C]1[Ti+2][c]1[nH]cc(C)c1C.[Cl-].[Cl-]. The van der Waals surface area contributed by atoms with Gasteiger partial charge < -0.3 is 24.8 Å². The molecular weight excluding hydrogens is 325 g/mol. The van der Waals surface area contributed by atoms with E-state index in [2.05, 4.69) is 61.9 Å². The average Bonchev–Trinajstić information content (AvgIpc) is 2.85. The smallest absolute Gasteiger partial charge is 1.00 e. The monoisotopic (exact) mass is 339 g/mol. The van der Waals surface area contributed by atoms with E-state index in [0.717, 1.165) is 0 Å². The Kier molecular flexibility index (Phi) is 5.91. The van der Waals surface area contributed by atoms with Crippen molar-refractivity contribution in [3.05, 3.63) is 64.2 Å². The third-order valence-corrected chi connectivity index (χ3v) is 6.04. The first-order chi connectivity index (χ1) is 8.66. The van der Waals surface area contributed by atoms with Crippen molar-refractivity contribution in [2.75, 3.05) is 0 Å². The standard InChI is InChI=1S/C10H7.C6H8N.2ClH.Ti/c1-8-6-9-4-2-3-5-10(9)7-8;1-5-3-7-4-6(5)2;;;/h2-6H,1H2;3,7H,1-2H3;2*1H;/q;;;;+2/p-2. The zero-order valence-electron chi connectivity index (χ0n) is 11.4. The third kappa shape index (κ3) is 2.97. The van der Waals surface area contributed by atoms with Crippen molar-refractivity contribution in [2.45, 2.75) is 13.8 Å². The van der Waals surface area contributed by atoms with E-state index in [9.17, 15) is 0 Å². The number of aryl methyl sites for hydroxylation is 1. The van der Waals surface area contributed by atoms with Gasteiger partial charge in [0.25, 0.3) is 0 Å². The average molecular weight is 340 g/mol. The van der Waals surface area contributed by atoms with Gasteiger partial charge in [0.15, 0.2) is 0 Å². The van der Waals surface area contributed by atoms with Crippen molar-refractivity contribution in [1.82, 2.24) is 4.98 Å². The predicted molar refractivity (Wildman–Crippen MR) is 72.6 cm³/mol.